The molecule has 4 nitrogen and oxygen atoms in total. The number of hydrogen-bond acceptors (Lipinski definition) is 3. The predicted octanol–water partition coefficient (Wildman–Crippen LogP) is -0.765. The Hall–Kier alpha value is -0.610. The van der Waals surface area contributed by atoms with E-state index >= 15 is 0 Å². The number of aliphatic hydroxyl groups is 1. The largest absolute Gasteiger partial charge is 0.387 e. The lowest BCUT2D eigenvalue weighted by atomic mass is 9.93. The predicted molar refractivity (Wildman–Crippen MR) is 45.7 cm³/mol. The van der Waals surface area contributed by atoms with E-state index in [0.29, 0.717) is 13.1 Å². The molecule has 1 aliphatic rings. The molecular formula is C8H16N2O2. The SMILES string of the molecule is CC(C)NC(=O)CC1(O)CNC1. The number of amides is 1. The smallest absolute Gasteiger partial charge is 0.223 e. The second-order valence-corrected chi connectivity index (χ2v) is 3.73. The van der Waals surface area contributed by atoms with E-state index in [9.17, 15) is 9.90 Å². The molecule has 0 spiro atoms. The van der Waals surface area contributed by atoms with Gasteiger partial charge in [0.2, 0.25) is 5.91 Å². The summed E-state index contributed by atoms with van der Waals surface area (Å²) in [7, 11) is 0. The van der Waals surface area contributed by atoms with E-state index in [1.54, 1.807) is 0 Å². The van der Waals surface area contributed by atoms with Crippen LogP contribution < -0.4 is 10.6 Å². The number of nitrogens with one attached hydrogen (secondary N) is 2. The van der Waals surface area contributed by atoms with Gasteiger partial charge in [0.1, 0.15) is 0 Å². The Kier molecular flexibility index (Phi) is 2.69. The molecule has 1 fully saturated rings. The Morgan fingerprint density at radius 1 is 1.67 bits per heavy atom. The van der Waals surface area contributed by atoms with Crippen LogP contribution in [0.4, 0.5) is 0 Å². The van der Waals surface area contributed by atoms with Crippen molar-refractivity contribution in [1.82, 2.24) is 10.6 Å². The number of carbonyl (C=O) groups is 1. The van der Waals surface area contributed by atoms with Gasteiger partial charge in [0, 0.05) is 19.1 Å². The summed E-state index contributed by atoms with van der Waals surface area (Å²) in [6, 6.07) is 0.147. The summed E-state index contributed by atoms with van der Waals surface area (Å²) in [5.41, 5.74) is -0.793. The average Bonchev–Trinajstić information content (AvgIpc) is 1.81. The van der Waals surface area contributed by atoms with E-state index in [4.69, 9.17) is 0 Å². The first-order chi connectivity index (χ1) is 5.52. The summed E-state index contributed by atoms with van der Waals surface area (Å²) in [5, 5.41) is 15.2. The third-order valence-corrected chi connectivity index (χ3v) is 1.85. The minimum Gasteiger partial charge on any atom is -0.387 e. The molecule has 1 rings (SSSR count). The maximum absolute atomic E-state index is 11.2. The van der Waals surface area contributed by atoms with Gasteiger partial charge in [0.25, 0.3) is 0 Å². The Balaban J connectivity index is 2.26. The van der Waals surface area contributed by atoms with Crippen LogP contribution in [0, 0.1) is 0 Å². The number of carbonyl (C=O) groups excluding carboxylic acids is 1. The summed E-state index contributed by atoms with van der Waals surface area (Å²) < 4.78 is 0. The monoisotopic (exact) mass is 172 g/mol. The minimum absolute atomic E-state index is 0.0750. The highest BCUT2D eigenvalue weighted by molar-refractivity contribution is 5.77. The molecule has 1 amide bonds. The Morgan fingerprint density at radius 3 is 2.58 bits per heavy atom. The van der Waals surface area contributed by atoms with Crippen LogP contribution in [0.2, 0.25) is 0 Å². The van der Waals surface area contributed by atoms with Crippen LogP contribution in [-0.4, -0.2) is 35.7 Å². The maximum Gasteiger partial charge on any atom is 0.223 e. The second kappa shape index (κ2) is 3.41. The van der Waals surface area contributed by atoms with Crippen molar-refractivity contribution in [3.63, 3.8) is 0 Å². The van der Waals surface area contributed by atoms with Gasteiger partial charge < -0.3 is 15.7 Å². The van der Waals surface area contributed by atoms with Crippen LogP contribution in [-0.2, 0) is 4.79 Å². The van der Waals surface area contributed by atoms with Gasteiger partial charge >= 0.3 is 0 Å². The molecule has 0 aromatic heterocycles. The molecular weight excluding hydrogens is 156 g/mol. The molecule has 0 atom stereocenters. The van der Waals surface area contributed by atoms with E-state index < -0.39 is 5.60 Å². The van der Waals surface area contributed by atoms with Gasteiger partial charge in [0.15, 0.2) is 0 Å². The molecule has 0 bridgehead atoms. The molecule has 1 heterocycles. The van der Waals surface area contributed by atoms with Crippen LogP contribution in [0.5, 0.6) is 0 Å². The molecule has 0 unspecified atom stereocenters. The number of rotatable bonds is 3. The van der Waals surface area contributed by atoms with Crippen molar-refractivity contribution in [2.24, 2.45) is 0 Å². The van der Waals surface area contributed by atoms with Crippen molar-refractivity contribution in [3.8, 4) is 0 Å². The van der Waals surface area contributed by atoms with Crippen molar-refractivity contribution in [3.05, 3.63) is 0 Å². The van der Waals surface area contributed by atoms with Crippen LogP contribution in [0.3, 0.4) is 0 Å². The van der Waals surface area contributed by atoms with Gasteiger partial charge in [-0.15, -0.1) is 0 Å². The van der Waals surface area contributed by atoms with Gasteiger partial charge in [-0.1, -0.05) is 0 Å². The average molecular weight is 172 g/mol. The summed E-state index contributed by atoms with van der Waals surface area (Å²) in [5.74, 6) is -0.0750. The first-order valence-electron chi connectivity index (χ1n) is 4.24. The van der Waals surface area contributed by atoms with Gasteiger partial charge in [-0.3, -0.25) is 4.79 Å². The maximum atomic E-state index is 11.2. The molecule has 0 aromatic rings. The highest BCUT2D eigenvalue weighted by Crippen LogP contribution is 2.14. The summed E-state index contributed by atoms with van der Waals surface area (Å²) >= 11 is 0. The first-order valence-corrected chi connectivity index (χ1v) is 4.24. The summed E-state index contributed by atoms with van der Waals surface area (Å²) in [6.07, 6.45) is 0.207. The normalized spacial score (nSPS) is 20.3. The third kappa shape index (κ3) is 2.46. The highest BCUT2D eigenvalue weighted by atomic mass is 16.3. The number of β-amino-alcohol motifs (C(OH)–C–C–N with tert-alkyl or cyclic N) is 1. The molecule has 1 saturated heterocycles. The van der Waals surface area contributed by atoms with E-state index in [1.807, 2.05) is 13.8 Å². The molecule has 4 heteroatoms. The van der Waals surface area contributed by atoms with Crippen LogP contribution >= 0.6 is 0 Å². The van der Waals surface area contributed by atoms with Crippen molar-refractivity contribution >= 4 is 5.91 Å². The molecule has 0 aliphatic carbocycles. The van der Waals surface area contributed by atoms with E-state index in [0.717, 1.165) is 0 Å². The second-order valence-electron chi connectivity index (χ2n) is 3.73. The van der Waals surface area contributed by atoms with Crippen LogP contribution in [0.1, 0.15) is 20.3 Å². The van der Waals surface area contributed by atoms with Gasteiger partial charge in [-0.05, 0) is 13.8 Å². The first kappa shape index (κ1) is 9.48. The number of hydrogen-bond donors (Lipinski definition) is 3. The quantitative estimate of drug-likeness (QED) is 0.524. The summed E-state index contributed by atoms with van der Waals surface area (Å²) in [4.78, 5) is 11.2. The summed E-state index contributed by atoms with van der Waals surface area (Å²) in [6.45, 7) is 4.86. The fourth-order valence-corrected chi connectivity index (χ4v) is 1.21. The fourth-order valence-electron chi connectivity index (χ4n) is 1.21. The van der Waals surface area contributed by atoms with E-state index in [-0.39, 0.29) is 18.4 Å². The van der Waals surface area contributed by atoms with Crippen molar-refractivity contribution in [1.29, 1.82) is 0 Å². The Bertz CT molecular complexity index is 176. The fraction of sp³-hybridized carbons (Fsp3) is 0.875. The lowest BCUT2D eigenvalue weighted by Gasteiger charge is -2.37. The highest BCUT2D eigenvalue weighted by Gasteiger charge is 2.36. The van der Waals surface area contributed by atoms with Crippen molar-refractivity contribution in [2.75, 3.05) is 13.1 Å². The van der Waals surface area contributed by atoms with Gasteiger partial charge in [-0.2, -0.15) is 0 Å². The zero-order valence-corrected chi connectivity index (χ0v) is 7.55. The lowest BCUT2D eigenvalue weighted by molar-refractivity contribution is -0.128. The molecule has 0 saturated carbocycles. The molecule has 0 aromatic carbocycles. The van der Waals surface area contributed by atoms with Gasteiger partial charge in [-0.25, -0.2) is 0 Å². The van der Waals surface area contributed by atoms with E-state index in [1.165, 1.54) is 0 Å². The molecule has 70 valence electrons. The zero-order chi connectivity index (χ0) is 9.19. The van der Waals surface area contributed by atoms with Gasteiger partial charge in [0.05, 0.1) is 12.0 Å². The molecule has 12 heavy (non-hydrogen) atoms. The molecule has 1 aliphatic heterocycles. The topological polar surface area (TPSA) is 61.4 Å². The van der Waals surface area contributed by atoms with Crippen molar-refractivity contribution < 1.29 is 9.90 Å². The van der Waals surface area contributed by atoms with Crippen LogP contribution in [0.25, 0.3) is 0 Å². The molecule has 3 N–H and O–H groups in total. The molecule has 0 radical (unpaired) electrons. The standard InChI is InChI=1S/C8H16N2O2/c1-6(2)10-7(11)3-8(12)4-9-5-8/h6,9,12H,3-5H2,1-2H3,(H,10,11). The Morgan fingerprint density at radius 2 is 2.25 bits per heavy atom. The van der Waals surface area contributed by atoms with Crippen molar-refractivity contribution in [2.45, 2.75) is 31.9 Å². The van der Waals surface area contributed by atoms with E-state index in [2.05, 4.69) is 10.6 Å². The third-order valence-electron chi connectivity index (χ3n) is 1.85. The van der Waals surface area contributed by atoms with Crippen LogP contribution in [0.15, 0.2) is 0 Å². The zero-order valence-electron chi connectivity index (χ0n) is 7.55. The lowest BCUT2D eigenvalue weighted by Crippen LogP contribution is -2.61. The Labute approximate surface area is 72.3 Å². The minimum atomic E-state index is -0.793.